The van der Waals surface area contributed by atoms with E-state index in [0.29, 0.717) is 33.1 Å². The maximum Gasteiger partial charge on any atom is 0.262 e. The van der Waals surface area contributed by atoms with Gasteiger partial charge in [0.1, 0.15) is 5.75 Å². The Kier molecular flexibility index (Phi) is 6.25. The second-order valence-corrected chi connectivity index (χ2v) is 7.23. The van der Waals surface area contributed by atoms with Crippen molar-refractivity contribution in [1.29, 1.82) is 0 Å². The lowest BCUT2D eigenvalue weighted by Crippen LogP contribution is -2.28. The number of aryl methyl sites for hydroxylation is 1. The SMILES string of the molecule is COc1cc2c(CC(=O)NCCO)c(C)n(C(=O)c3ccc(C)cc3)c2cc1Cl. The van der Waals surface area contributed by atoms with Crippen LogP contribution in [0.2, 0.25) is 5.02 Å². The molecule has 0 aliphatic carbocycles. The monoisotopic (exact) mass is 414 g/mol. The summed E-state index contributed by atoms with van der Waals surface area (Å²) in [5, 5.41) is 12.7. The number of nitrogens with one attached hydrogen (secondary N) is 1. The average molecular weight is 415 g/mol. The van der Waals surface area contributed by atoms with Crippen LogP contribution in [0.5, 0.6) is 5.75 Å². The van der Waals surface area contributed by atoms with Crippen LogP contribution in [0.15, 0.2) is 36.4 Å². The molecule has 0 saturated carbocycles. The molecule has 2 N–H and O–H groups in total. The number of aliphatic hydroxyl groups excluding tert-OH is 1. The van der Waals surface area contributed by atoms with Crippen molar-refractivity contribution in [3.63, 3.8) is 0 Å². The summed E-state index contributed by atoms with van der Waals surface area (Å²) in [6.45, 7) is 3.80. The van der Waals surface area contributed by atoms with Crippen molar-refractivity contribution in [3.05, 3.63) is 63.8 Å². The first-order chi connectivity index (χ1) is 13.9. The zero-order valence-corrected chi connectivity index (χ0v) is 17.3. The van der Waals surface area contributed by atoms with E-state index >= 15 is 0 Å². The second kappa shape index (κ2) is 8.68. The highest BCUT2D eigenvalue weighted by Crippen LogP contribution is 2.35. The summed E-state index contributed by atoms with van der Waals surface area (Å²) in [5.41, 5.74) is 3.59. The number of methoxy groups -OCH3 is 1. The van der Waals surface area contributed by atoms with E-state index in [4.69, 9.17) is 21.4 Å². The van der Waals surface area contributed by atoms with Crippen LogP contribution in [0.25, 0.3) is 10.9 Å². The number of halogens is 1. The number of carbonyl (C=O) groups excluding carboxylic acids is 2. The highest BCUT2D eigenvalue weighted by atomic mass is 35.5. The number of rotatable bonds is 6. The van der Waals surface area contributed by atoms with E-state index in [0.717, 1.165) is 10.9 Å². The van der Waals surface area contributed by atoms with Gasteiger partial charge in [-0.15, -0.1) is 0 Å². The first-order valence-corrected chi connectivity index (χ1v) is 9.61. The number of fused-ring (bicyclic) bond motifs is 1. The van der Waals surface area contributed by atoms with E-state index in [1.807, 2.05) is 19.1 Å². The number of aliphatic hydroxyl groups is 1. The molecule has 0 unspecified atom stereocenters. The standard InChI is InChI=1S/C22H23ClN2O4/c1-13-4-6-15(7-5-13)22(28)25-14(2)16(11-21(27)24-8-9-26)17-10-20(29-3)18(23)12-19(17)25/h4-7,10,12,26H,8-9,11H2,1-3H3,(H,24,27). The molecular formula is C22H23ClN2O4. The summed E-state index contributed by atoms with van der Waals surface area (Å²) in [5.74, 6) is 0.0322. The van der Waals surface area contributed by atoms with Crippen LogP contribution in [0.3, 0.4) is 0 Å². The van der Waals surface area contributed by atoms with E-state index in [-0.39, 0.29) is 31.4 Å². The molecule has 0 radical (unpaired) electrons. The number of hydrogen-bond donors (Lipinski definition) is 2. The molecular weight excluding hydrogens is 392 g/mol. The molecule has 3 rings (SSSR count). The molecule has 3 aromatic rings. The maximum absolute atomic E-state index is 13.3. The lowest BCUT2D eigenvalue weighted by molar-refractivity contribution is -0.120. The minimum absolute atomic E-state index is 0.0707. The molecule has 0 saturated heterocycles. The number of carbonyl (C=O) groups is 2. The van der Waals surface area contributed by atoms with Crippen LogP contribution in [0.4, 0.5) is 0 Å². The molecule has 29 heavy (non-hydrogen) atoms. The van der Waals surface area contributed by atoms with Gasteiger partial charge in [-0.3, -0.25) is 14.2 Å². The molecule has 6 nitrogen and oxygen atoms in total. The van der Waals surface area contributed by atoms with Gasteiger partial charge in [0.25, 0.3) is 5.91 Å². The molecule has 1 aromatic heterocycles. The molecule has 0 aliphatic heterocycles. The minimum atomic E-state index is -0.238. The number of amides is 1. The Hall–Kier alpha value is -2.83. The fourth-order valence-corrected chi connectivity index (χ4v) is 3.60. The van der Waals surface area contributed by atoms with Crippen molar-refractivity contribution >= 4 is 34.3 Å². The number of ether oxygens (including phenoxy) is 1. The molecule has 7 heteroatoms. The van der Waals surface area contributed by atoms with Gasteiger partial charge in [0.2, 0.25) is 5.91 Å². The summed E-state index contributed by atoms with van der Waals surface area (Å²) in [6.07, 6.45) is 0.0707. The Morgan fingerprint density at radius 2 is 1.86 bits per heavy atom. The first kappa shape index (κ1) is 20.9. The lowest BCUT2D eigenvalue weighted by atomic mass is 10.1. The van der Waals surface area contributed by atoms with Gasteiger partial charge in [-0.1, -0.05) is 29.3 Å². The quantitative estimate of drug-likeness (QED) is 0.648. The Morgan fingerprint density at radius 1 is 1.17 bits per heavy atom. The van der Waals surface area contributed by atoms with E-state index in [9.17, 15) is 9.59 Å². The lowest BCUT2D eigenvalue weighted by Gasteiger charge is -2.09. The van der Waals surface area contributed by atoms with Gasteiger partial charge in [-0.2, -0.15) is 0 Å². The number of aromatic nitrogens is 1. The van der Waals surface area contributed by atoms with Gasteiger partial charge in [-0.25, -0.2) is 0 Å². The Bertz CT molecular complexity index is 1070. The molecule has 0 bridgehead atoms. The van der Waals surface area contributed by atoms with Crippen LogP contribution >= 0.6 is 11.6 Å². The van der Waals surface area contributed by atoms with Crippen LogP contribution in [-0.2, 0) is 11.2 Å². The van der Waals surface area contributed by atoms with E-state index < -0.39 is 0 Å². The Balaban J connectivity index is 2.17. The summed E-state index contributed by atoms with van der Waals surface area (Å²) in [7, 11) is 1.52. The number of nitrogens with zero attached hydrogens (tertiary/aromatic N) is 1. The van der Waals surface area contributed by atoms with Gasteiger partial charge in [0, 0.05) is 23.2 Å². The molecule has 152 valence electrons. The third-order valence-electron chi connectivity index (χ3n) is 4.88. The van der Waals surface area contributed by atoms with Crippen LogP contribution < -0.4 is 10.1 Å². The largest absolute Gasteiger partial charge is 0.495 e. The number of benzene rings is 2. The Labute approximate surface area is 174 Å². The molecule has 1 amide bonds. The second-order valence-electron chi connectivity index (χ2n) is 6.82. The predicted molar refractivity (Wildman–Crippen MR) is 113 cm³/mol. The third kappa shape index (κ3) is 4.13. The van der Waals surface area contributed by atoms with E-state index in [2.05, 4.69) is 5.32 Å². The van der Waals surface area contributed by atoms with E-state index in [1.54, 1.807) is 35.8 Å². The van der Waals surface area contributed by atoms with Crippen LogP contribution in [-0.4, -0.2) is 41.7 Å². The van der Waals surface area contributed by atoms with Crippen molar-refractivity contribution in [3.8, 4) is 5.75 Å². The summed E-state index contributed by atoms with van der Waals surface area (Å²) < 4.78 is 6.91. The number of hydrogen-bond acceptors (Lipinski definition) is 4. The van der Waals surface area contributed by atoms with Crippen molar-refractivity contribution in [2.45, 2.75) is 20.3 Å². The molecule has 0 aliphatic rings. The summed E-state index contributed by atoms with van der Waals surface area (Å²) >= 11 is 6.33. The topological polar surface area (TPSA) is 80.6 Å². The smallest absolute Gasteiger partial charge is 0.262 e. The summed E-state index contributed by atoms with van der Waals surface area (Å²) in [6, 6.07) is 10.8. The Morgan fingerprint density at radius 3 is 2.48 bits per heavy atom. The zero-order chi connectivity index (χ0) is 21.1. The minimum Gasteiger partial charge on any atom is -0.495 e. The van der Waals surface area contributed by atoms with Crippen molar-refractivity contribution in [2.24, 2.45) is 0 Å². The van der Waals surface area contributed by atoms with Crippen LogP contribution in [0.1, 0.15) is 27.2 Å². The summed E-state index contributed by atoms with van der Waals surface area (Å²) in [4.78, 5) is 25.6. The van der Waals surface area contributed by atoms with Crippen molar-refractivity contribution in [2.75, 3.05) is 20.3 Å². The molecule has 0 spiro atoms. The zero-order valence-electron chi connectivity index (χ0n) is 16.6. The molecule has 0 atom stereocenters. The normalized spacial score (nSPS) is 10.9. The molecule has 1 heterocycles. The molecule has 2 aromatic carbocycles. The highest BCUT2D eigenvalue weighted by Gasteiger charge is 2.23. The average Bonchev–Trinajstić information content (AvgIpc) is 2.96. The van der Waals surface area contributed by atoms with Crippen LogP contribution in [0, 0.1) is 13.8 Å². The van der Waals surface area contributed by atoms with E-state index in [1.165, 1.54) is 7.11 Å². The van der Waals surface area contributed by atoms with Gasteiger partial charge in [0.05, 0.1) is 30.7 Å². The molecule has 0 fully saturated rings. The highest BCUT2D eigenvalue weighted by molar-refractivity contribution is 6.33. The van der Waals surface area contributed by atoms with Gasteiger partial charge >= 0.3 is 0 Å². The fraction of sp³-hybridized carbons (Fsp3) is 0.273. The third-order valence-corrected chi connectivity index (χ3v) is 5.18. The van der Waals surface area contributed by atoms with Gasteiger partial charge < -0.3 is 15.2 Å². The van der Waals surface area contributed by atoms with Crippen molar-refractivity contribution in [1.82, 2.24) is 9.88 Å². The fourth-order valence-electron chi connectivity index (χ4n) is 3.37. The maximum atomic E-state index is 13.3. The first-order valence-electron chi connectivity index (χ1n) is 9.23. The van der Waals surface area contributed by atoms with Crippen molar-refractivity contribution < 1.29 is 19.4 Å². The predicted octanol–water partition coefficient (Wildman–Crippen LogP) is 3.26. The van der Waals surface area contributed by atoms with Gasteiger partial charge in [0.15, 0.2) is 0 Å². The van der Waals surface area contributed by atoms with Gasteiger partial charge in [-0.05, 0) is 43.7 Å².